The number of ketones is 1. The number of para-hydroxylation sites is 2. The lowest BCUT2D eigenvalue weighted by molar-refractivity contribution is 0.0758. The van der Waals surface area contributed by atoms with Gasteiger partial charge in [0.25, 0.3) is 0 Å². The number of Topliss-reactive ketones (excluding diaryl/α,β-unsaturated/α-hetero) is 1. The van der Waals surface area contributed by atoms with Crippen molar-refractivity contribution in [3.05, 3.63) is 53.1 Å². The molecule has 3 nitrogen and oxygen atoms in total. The van der Waals surface area contributed by atoms with Gasteiger partial charge in [-0.05, 0) is 36.8 Å². The second kappa shape index (κ2) is 4.50. The van der Waals surface area contributed by atoms with Gasteiger partial charge in [-0.2, -0.15) is 0 Å². The van der Waals surface area contributed by atoms with Crippen molar-refractivity contribution in [3.63, 3.8) is 0 Å². The summed E-state index contributed by atoms with van der Waals surface area (Å²) in [5.41, 5.74) is 2.56. The lowest BCUT2D eigenvalue weighted by Crippen LogP contribution is -2.45. The summed E-state index contributed by atoms with van der Waals surface area (Å²) in [5, 5.41) is 0.625. The van der Waals surface area contributed by atoms with Crippen molar-refractivity contribution in [2.24, 2.45) is 5.92 Å². The summed E-state index contributed by atoms with van der Waals surface area (Å²) < 4.78 is 6.04. The van der Waals surface area contributed by atoms with Crippen LogP contribution in [0.4, 0.5) is 11.4 Å². The predicted octanol–water partition coefficient (Wildman–Crippen LogP) is 4.42. The van der Waals surface area contributed by atoms with Gasteiger partial charge in [-0.1, -0.05) is 30.7 Å². The molecule has 4 heteroatoms. The molecule has 0 saturated heterocycles. The molecule has 0 aromatic heterocycles. The van der Waals surface area contributed by atoms with Crippen LogP contribution in [0.5, 0.6) is 5.75 Å². The van der Waals surface area contributed by atoms with Crippen molar-refractivity contribution in [2.75, 3.05) is 4.90 Å². The van der Waals surface area contributed by atoms with Crippen LogP contribution < -0.4 is 9.64 Å². The number of benzene rings is 2. The first kappa shape index (κ1) is 12.7. The van der Waals surface area contributed by atoms with Crippen LogP contribution in [0.2, 0.25) is 5.02 Å². The minimum Gasteiger partial charge on any atom is -0.467 e. The number of fused-ring (bicyclic) bond motifs is 5. The van der Waals surface area contributed by atoms with Crippen LogP contribution in [-0.2, 0) is 0 Å². The van der Waals surface area contributed by atoms with Crippen molar-refractivity contribution in [2.45, 2.75) is 19.6 Å². The van der Waals surface area contributed by atoms with Gasteiger partial charge in [0.1, 0.15) is 5.75 Å². The molecule has 0 amide bonds. The Bertz CT molecular complexity index is 743. The summed E-state index contributed by atoms with van der Waals surface area (Å²) in [4.78, 5) is 14.8. The first-order chi connectivity index (χ1) is 10.2. The van der Waals surface area contributed by atoms with E-state index in [0.717, 1.165) is 29.1 Å². The maximum Gasteiger partial charge on any atom is 0.186 e. The molecule has 0 radical (unpaired) electrons. The lowest BCUT2D eigenvalue weighted by Gasteiger charge is -2.36. The third-order valence-corrected chi connectivity index (χ3v) is 4.47. The predicted molar refractivity (Wildman–Crippen MR) is 82.6 cm³/mol. The van der Waals surface area contributed by atoms with Crippen molar-refractivity contribution in [3.8, 4) is 5.75 Å². The summed E-state index contributed by atoms with van der Waals surface area (Å²) in [6.45, 7) is 2.02. The Morgan fingerprint density at radius 1 is 1.19 bits per heavy atom. The Labute approximate surface area is 128 Å². The molecule has 2 aromatic rings. The zero-order valence-electron chi connectivity index (χ0n) is 11.5. The monoisotopic (exact) mass is 299 g/mol. The molecule has 0 bridgehead atoms. The lowest BCUT2D eigenvalue weighted by atomic mass is 9.87. The smallest absolute Gasteiger partial charge is 0.186 e. The minimum absolute atomic E-state index is 0.137. The number of halogens is 1. The molecule has 2 aromatic carbocycles. The van der Waals surface area contributed by atoms with Gasteiger partial charge in [-0.15, -0.1) is 0 Å². The Kier molecular flexibility index (Phi) is 2.73. The highest BCUT2D eigenvalue weighted by Gasteiger charge is 2.45. The molecule has 0 aliphatic carbocycles. The van der Waals surface area contributed by atoms with Gasteiger partial charge >= 0.3 is 0 Å². The van der Waals surface area contributed by atoms with E-state index in [1.165, 1.54) is 0 Å². The highest BCUT2D eigenvalue weighted by atomic mass is 35.5. The molecule has 106 valence electrons. The van der Waals surface area contributed by atoms with E-state index in [2.05, 4.69) is 4.90 Å². The van der Waals surface area contributed by atoms with Gasteiger partial charge in [-0.3, -0.25) is 4.79 Å². The van der Waals surface area contributed by atoms with Crippen LogP contribution >= 0.6 is 11.6 Å². The molecule has 0 N–H and O–H groups in total. The van der Waals surface area contributed by atoms with Crippen LogP contribution in [0.1, 0.15) is 23.7 Å². The Morgan fingerprint density at radius 2 is 2.00 bits per heavy atom. The molecule has 2 unspecified atom stereocenters. The average Bonchev–Trinajstić information content (AvgIpc) is 2.86. The first-order valence-electron chi connectivity index (χ1n) is 7.09. The Hall–Kier alpha value is -2.00. The van der Waals surface area contributed by atoms with E-state index < -0.39 is 0 Å². The highest BCUT2D eigenvalue weighted by Crippen LogP contribution is 2.49. The Morgan fingerprint density at radius 3 is 2.81 bits per heavy atom. The standard InChI is InChI=1S/C17H14ClNO2/c1-2-11-16(20)12-8-7-10(18)9-14(12)19-13-5-3-4-6-15(13)21-17(11)19/h3-9,11,17H,2H2,1H3. The summed E-state index contributed by atoms with van der Waals surface area (Å²) in [7, 11) is 0. The number of carbonyl (C=O) groups excluding carboxylic acids is 1. The number of ether oxygens (including phenoxy) is 1. The van der Waals surface area contributed by atoms with Crippen molar-refractivity contribution in [1.29, 1.82) is 0 Å². The molecule has 2 atom stereocenters. The fraction of sp³-hybridized carbons (Fsp3) is 0.235. The largest absolute Gasteiger partial charge is 0.467 e. The third kappa shape index (κ3) is 1.70. The molecule has 0 fully saturated rings. The molecule has 2 aliphatic heterocycles. The summed E-state index contributed by atoms with van der Waals surface area (Å²) in [5.74, 6) is 0.797. The fourth-order valence-electron chi connectivity index (χ4n) is 3.23. The minimum atomic E-state index is -0.272. The van der Waals surface area contributed by atoms with E-state index in [0.29, 0.717) is 5.02 Å². The molecule has 2 heterocycles. The summed E-state index contributed by atoms with van der Waals surface area (Å²) >= 11 is 6.13. The van der Waals surface area contributed by atoms with Crippen LogP contribution in [0, 0.1) is 5.92 Å². The molecule has 21 heavy (non-hydrogen) atoms. The first-order valence-corrected chi connectivity index (χ1v) is 7.47. The van der Waals surface area contributed by atoms with E-state index in [1.807, 2.05) is 43.3 Å². The number of anilines is 2. The molecule has 0 spiro atoms. The zero-order chi connectivity index (χ0) is 14.6. The molecule has 4 rings (SSSR count). The molecule has 2 aliphatic rings. The van der Waals surface area contributed by atoms with Gasteiger partial charge in [0.2, 0.25) is 0 Å². The second-order valence-corrected chi connectivity index (χ2v) is 5.82. The van der Waals surface area contributed by atoms with E-state index in [9.17, 15) is 4.79 Å². The number of nitrogens with zero attached hydrogens (tertiary/aromatic N) is 1. The van der Waals surface area contributed by atoms with Crippen LogP contribution in [0.25, 0.3) is 0 Å². The van der Waals surface area contributed by atoms with Crippen LogP contribution in [0.3, 0.4) is 0 Å². The normalized spacial score (nSPS) is 22.4. The van der Waals surface area contributed by atoms with Crippen molar-refractivity contribution < 1.29 is 9.53 Å². The van der Waals surface area contributed by atoms with Gasteiger partial charge in [0, 0.05) is 10.6 Å². The van der Waals surface area contributed by atoms with Gasteiger partial charge in [0.05, 0.1) is 17.3 Å². The Balaban J connectivity index is 1.97. The molecular formula is C17H14ClNO2. The number of carbonyl (C=O) groups is 1. The summed E-state index contributed by atoms with van der Waals surface area (Å²) in [6, 6.07) is 13.3. The second-order valence-electron chi connectivity index (χ2n) is 5.39. The number of hydrogen-bond acceptors (Lipinski definition) is 3. The molecule has 0 saturated carbocycles. The maximum atomic E-state index is 12.7. The van der Waals surface area contributed by atoms with E-state index in [4.69, 9.17) is 16.3 Å². The quantitative estimate of drug-likeness (QED) is 0.780. The maximum absolute atomic E-state index is 12.7. The molecular weight excluding hydrogens is 286 g/mol. The zero-order valence-corrected chi connectivity index (χ0v) is 12.3. The number of hydrogen-bond donors (Lipinski definition) is 0. The third-order valence-electron chi connectivity index (χ3n) is 4.23. The van der Waals surface area contributed by atoms with Gasteiger partial charge < -0.3 is 9.64 Å². The van der Waals surface area contributed by atoms with Crippen LogP contribution in [0.15, 0.2) is 42.5 Å². The van der Waals surface area contributed by atoms with Gasteiger partial charge in [0.15, 0.2) is 12.0 Å². The van der Waals surface area contributed by atoms with E-state index >= 15 is 0 Å². The van der Waals surface area contributed by atoms with E-state index in [-0.39, 0.29) is 17.9 Å². The van der Waals surface area contributed by atoms with Gasteiger partial charge in [-0.25, -0.2) is 0 Å². The summed E-state index contributed by atoms with van der Waals surface area (Å²) in [6.07, 6.45) is 0.474. The van der Waals surface area contributed by atoms with Crippen LogP contribution in [-0.4, -0.2) is 12.0 Å². The average molecular weight is 300 g/mol. The SMILES string of the molecule is CCC1C(=O)c2ccc(Cl)cc2N2c3ccccc3OC12. The fourth-order valence-corrected chi connectivity index (χ4v) is 3.40. The van der Waals surface area contributed by atoms with Crippen molar-refractivity contribution >= 4 is 28.8 Å². The number of rotatable bonds is 1. The topological polar surface area (TPSA) is 29.5 Å². The highest BCUT2D eigenvalue weighted by molar-refractivity contribution is 6.31. The van der Waals surface area contributed by atoms with E-state index in [1.54, 1.807) is 6.07 Å². The van der Waals surface area contributed by atoms with Crippen molar-refractivity contribution in [1.82, 2.24) is 0 Å².